The Balaban J connectivity index is 2.41. The molecule has 0 bridgehead atoms. The Morgan fingerprint density at radius 1 is 1.10 bits per heavy atom. The molecule has 0 aliphatic rings. The van der Waals surface area contributed by atoms with Crippen LogP contribution in [0, 0.1) is 26.3 Å². The summed E-state index contributed by atoms with van der Waals surface area (Å²) >= 11 is 5.84. The summed E-state index contributed by atoms with van der Waals surface area (Å²) in [6.45, 7) is 0. The third-order valence-corrected chi connectivity index (χ3v) is 2.92. The maximum absolute atomic E-state index is 11.0. The van der Waals surface area contributed by atoms with E-state index in [0.717, 1.165) is 6.07 Å². The highest BCUT2D eigenvalue weighted by Gasteiger charge is 2.19. The van der Waals surface area contributed by atoms with Crippen molar-refractivity contribution in [1.82, 2.24) is 0 Å². The summed E-state index contributed by atoms with van der Waals surface area (Å²) in [5.74, 6) is 0. The number of rotatable bonds is 4. The Hall–Kier alpha value is -2.47. The summed E-state index contributed by atoms with van der Waals surface area (Å²) in [6, 6.07) is 11.4. The molecule has 101 valence electrons. The van der Waals surface area contributed by atoms with Gasteiger partial charge in [0.1, 0.15) is 0 Å². The number of nitro benzene ring substituents is 2. The molecule has 0 aliphatic heterocycles. The molecule has 0 fully saturated rings. The predicted octanol–water partition coefficient (Wildman–Crippen LogP) is 3.55. The van der Waals surface area contributed by atoms with E-state index in [4.69, 9.17) is 11.6 Å². The molecular formula is C13H8ClN2O4. The van der Waals surface area contributed by atoms with Crippen molar-refractivity contribution in [3.8, 4) is 0 Å². The van der Waals surface area contributed by atoms with E-state index in [9.17, 15) is 20.2 Å². The topological polar surface area (TPSA) is 86.3 Å². The third kappa shape index (κ3) is 3.10. The van der Waals surface area contributed by atoms with E-state index in [0.29, 0.717) is 16.1 Å². The van der Waals surface area contributed by atoms with Gasteiger partial charge in [0.2, 0.25) is 0 Å². The number of benzene rings is 2. The molecule has 2 aromatic carbocycles. The maximum atomic E-state index is 11.0. The van der Waals surface area contributed by atoms with Crippen LogP contribution in [0.3, 0.4) is 0 Å². The molecule has 6 nitrogen and oxygen atoms in total. The van der Waals surface area contributed by atoms with Crippen LogP contribution < -0.4 is 0 Å². The SMILES string of the molecule is O=[N+]([O-])c1ccc(Cc2[c]ccc(Cl)c2)c([N+](=O)[O-])c1. The molecule has 0 aliphatic carbocycles. The minimum absolute atomic E-state index is 0.231. The molecule has 0 N–H and O–H groups in total. The molecule has 0 amide bonds. The Bertz CT molecular complexity index is 688. The van der Waals surface area contributed by atoms with Crippen molar-refractivity contribution < 1.29 is 9.85 Å². The van der Waals surface area contributed by atoms with Gasteiger partial charge in [-0.15, -0.1) is 0 Å². The molecule has 0 unspecified atom stereocenters. The predicted molar refractivity (Wildman–Crippen MR) is 72.8 cm³/mol. The first-order valence-corrected chi connectivity index (χ1v) is 5.93. The van der Waals surface area contributed by atoms with Crippen molar-refractivity contribution in [3.63, 3.8) is 0 Å². The lowest BCUT2D eigenvalue weighted by atomic mass is 10.0. The summed E-state index contributed by atoms with van der Waals surface area (Å²) in [5.41, 5.74) is 0.455. The molecule has 0 heterocycles. The zero-order chi connectivity index (χ0) is 14.7. The van der Waals surface area contributed by atoms with Gasteiger partial charge in [-0.2, -0.15) is 0 Å². The molecular weight excluding hydrogens is 284 g/mol. The molecule has 0 atom stereocenters. The maximum Gasteiger partial charge on any atom is 0.279 e. The molecule has 1 radical (unpaired) electrons. The smallest absolute Gasteiger partial charge is 0.258 e. The van der Waals surface area contributed by atoms with Gasteiger partial charge in [-0.3, -0.25) is 20.2 Å². The lowest BCUT2D eigenvalue weighted by Gasteiger charge is -2.03. The van der Waals surface area contributed by atoms with E-state index in [1.807, 2.05) is 0 Å². The number of hydrogen-bond donors (Lipinski definition) is 0. The van der Waals surface area contributed by atoms with Crippen LogP contribution >= 0.6 is 11.6 Å². The minimum Gasteiger partial charge on any atom is -0.258 e. The van der Waals surface area contributed by atoms with E-state index in [-0.39, 0.29) is 17.8 Å². The van der Waals surface area contributed by atoms with Crippen molar-refractivity contribution in [3.05, 3.63) is 78.8 Å². The summed E-state index contributed by atoms with van der Waals surface area (Å²) in [7, 11) is 0. The van der Waals surface area contributed by atoms with Gasteiger partial charge in [-0.05, 0) is 29.8 Å². The lowest BCUT2D eigenvalue weighted by Crippen LogP contribution is -1.99. The summed E-state index contributed by atoms with van der Waals surface area (Å²) in [6.07, 6.45) is 0.231. The standard InChI is InChI=1S/C13H8ClN2O4/c14-11-3-1-2-9(7-11)6-10-4-5-12(15(17)18)8-13(10)16(19)20/h1,3-5,7-8H,6H2. The Kier molecular flexibility index (Phi) is 3.95. The van der Waals surface area contributed by atoms with Gasteiger partial charge in [0.15, 0.2) is 0 Å². The average molecular weight is 292 g/mol. The highest BCUT2D eigenvalue weighted by Crippen LogP contribution is 2.27. The number of nitrogens with zero attached hydrogens (tertiary/aromatic N) is 2. The number of nitro groups is 2. The van der Waals surface area contributed by atoms with Gasteiger partial charge in [0, 0.05) is 23.1 Å². The molecule has 7 heteroatoms. The Morgan fingerprint density at radius 3 is 2.45 bits per heavy atom. The largest absolute Gasteiger partial charge is 0.279 e. The fraction of sp³-hybridized carbons (Fsp3) is 0.0769. The Labute approximate surface area is 118 Å². The van der Waals surface area contributed by atoms with Gasteiger partial charge in [0.05, 0.1) is 15.9 Å². The van der Waals surface area contributed by atoms with Crippen LogP contribution in [0.5, 0.6) is 0 Å². The molecule has 2 aromatic rings. The van der Waals surface area contributed by atoms with Crippen LogP contribution in [-0.2, 0) is 6.42 Å². The van der Waals surface area contributed by atoms with Crippen molar-refractivity contribution in [2.75, 3.05) is 0 Å². The van der Waals surface area contributed by atoms with Crippen LogP contribution in [0.4, 0.5) is 11.4 Å². The minimum atomic E-state index is -0.664. The van der Waals surface area contributed by atoms with Crippen molar-refractivity contribution >= 4 is 23.0 Å². The van der Waals surface area contributed by atoms with Crippen LogP contribution in [-0.4, -0.2) is 9.85 Å². The summed E-state index contributed by atoms with van der Waals surface area (Å²) in [5, 5.41) is 22.2. The highest BCUT2D eigenvalue weighted by atomic mass is 35.5. The van der Waals surface area contributed by atoms with Gasteiger partial charge < -0.3 is 0 Å². The van der Waals surface area contributed by atoms with Crippen molar-refractivity contribution in [2.24, 2.45) is 0 Å². The average Bonchev–Trinajstić information content (AvgIpc) is 2.38. The highest BCUT2D eigenvalue weighted by molar-refractivity contribution is 6.30. The van der Waals surface area contributed by atoms with Crippen LogP contribution in [0.25, 0.3) is 0 Å². The fourth-order valence-electron chi connectivity index (χ4n) is 1.78. The van der Waals surface area contributed by atoms with Gasteiger partial charge in [-0.25, -0.2) is 0 Å². The number of halogens is 1. The first-order chi connectivity index (χ1) is 9.47. The van der Waals surface area contributed by atoms with E-state index >= 15 is 0 Å². The molecule has 20 heavy (non-hydrogen) atoms. The summed E-state index contributed by atoms with van der Waals surface area (Å²) < 4.78 is 0. The molecule has 0 saturated heterocycles. The fourth-order valence-corrected chi connectivity index (χ4v) is 1.97. The molecule has 0 saturated carbocycles. The third-order valence-electron chi connectivity index (χ3n) is 2.68. The molecule has 0 spiro atoms. The van der Waals surface area contributed by atoms with Crippen LogP contribution in [0.2, 0.25) is 5.02 Å². The van der Waals surface area contributed by atoms with Crippen molar-refractivity contribution in [1.29, 1.82) is 0 Å². The van der Waals surface area contributed by atoms with Gasteiger partial charge in [-0.1, -0.05) is 17.7 Å². The second kappa shape index (κ2) is 5.66. The zero-order valence-corrected chi connectivity index (χ0v) is 10.8. The van der Waals surface area contributed by atoms with E-state index < -0.39 is 9.85 Å². The molecule has 2 rings (SSSR count). The summed E-state index contributed by atoms with van der Waals surface area (Å²) in [4.78, 5) is 20.4. The second-order valence-corrected chi connectivity index (χ2v) is 4.47. The van der Waals surface area contributed by atoms with Gasteiger partial charge >= 0.3 is 0 Å². The monoisotopic (exact) mass is 291 g/mol. The zero-order valence-electron chi connectivity index (χ0n) is 10.1. The normalized spacial score (nSPS) is 10.2. The number of non-ortho nitro benzene ring substituents is 1. The first-order valence-electron chi connectivity index (χ1n) is 5.55. The first kappa shape index (κ1) is 14.0. The quantitative estimate of drug-likeness (QED) is 0.636. The second-order valence-electron chi connectivity index (χ2n) is 4.04. The van der Waals surface area contributed by atoms with Crippen LogP contribution in [0.15, 0.2) is 36.4 Å². The lowest BCUT2D eigenvalue weighted by molar-refractivity contribution is -0.394. The Morgan fingerprint density at radius 2 is 1.85 bits per heavy atom. The van der Waals surface area contributed by atoms with E-state index in [1.165, 1.54) is 12.1 Å². The number of hydrogen-bond acceptors (Lipinski definition) is 4. The van der Waals surface area contributed by atoms with Gasteiger partial charge in [0.25, 0.3) is 11.4 Å². The van der Waals surface area contributed by atoms with E-state index in [2.05, 4.69) is 6.07 Å². The molecule has 0 aromatic heterocycles. The van der Waals surface area contributed by atoms with Crippen molar-refractivity contribution in [2.45, 2.75) is 6.42 Å². The van der Waals surface area contributed by atoms with E-state index in [1.54, 1.807) is 18.2 Å². The van der Waals surface area contributed by atoms with Crippen LogP contribution in [0.1, 0.15) is 11.1 Å².